The summed E-state index contributed by atoms with van der Waals surface area (Å²) in [4.78, 5) is 25.5. The molecule has 0 unspecified atom stereocenters. The van der Waals surface area contributed by atoms with Gasteiger partial charge in [0.05, 0.1) is 22.4 Å². The predicted octanol–water partition coefficient (Wildman–Crippen LogP) is 6.08. The van der Waals surface area contributed by atoms with E-state index < -0.39 is 6.04 Å². The van der Waals surface area contributed by atoms with Crippen LogP contribution in [0.15, 0.2) is 41.6 Å². The smallest absolute Gasteiger partial charge is 0.253 e. The molecule has 0 saturated carbocycles. The summed E-state index contributed by atoms with van der Waals surface area (Å²) in [5, 5.41) is 16.0. The highest BCUT2D eigenvalue weighted by atomic mass is 35.5. The van der Waals surface area contributed by atoms with Crippen molar-refractivity contribution in [3.05, 3.63) is 69.0 Å². The highest BCUT2D eigenvalue weighted by Gasteiger charge is 2.27. The molecular weight excluding hydrogens is 505 g/mol. The van der Waals surface area contributed by atoms with Crippen molar-refractivity contribution in [3.8, 4) is 0 Å². The lowest BCUT2D eigenvalue weighted by molar-refractivity contribution is -0.113. The zero-order valence-corrected chi connectivity index (χ0v) is 22.7. The summed E-state index contributed by atoms with van der Waals surface area (Å²) in [5.74, 6) is 0.395. The topological polar surface area (TPSA) is 88.9 Å². The number of hydrogen-bond acceptors (Lipinski definition) is 5. The van der Waals surface area contributed by atoms with E-state index in [2.05, 4.69) is 20.8 Å². The normalized spacial score (nSPS) is 12.0. The maximum Gasteiger partial charge on any atom is 0.253 e. The molecular formula is C25H29Cl2N5O2S. The van der Waals surface area contributed by atoms with Gasteiger partial charge in [-0.15, -0.1) is 10.2 Å². The first-order valence-corrected chi connectivity index (χ1v) is 13.0. The Hall–Kier alpha value is -2.55. The molecule has 0 aliphatic rings. The van der Waals surface area contributed by atoms with E-state index in [0.717, 1.165) is 16.8 Å². The number of hydrogen-bond donors (Lipinski definition) is 2. The van der Waals surface area contributed by atoms with Crippen molar-refractivity contribution in [1.29, 1.82) is 0 Å². The van der Waals surface area contributed by atoms with Gasteiger partial charge in [-0.25, -0.2) is 0 Å². The maximum absolute atomic E-state index is 13.0. The Balaban J connectivity index is 1.73. The maximum atomic E-state index is 13.0. The molecule has 0 aliphatic heterocycles. The number of carbonyl (C=O) groups is 2. The third-order valence-electron chi connectivity index (χ3n) is 5.46. The average Bonchev–Trinajstić information content (AvgIpc) is 3.20. The molecule has 2 N–H and O–H groups in total. The van der Waals surface area contributed by atoms with Gasteiger partial charge in [-0.3, -0.25) is 9.59 Å². The number of carbonyl (C=O) groups excluding carboxylic acids is 2. The number of aryl methyl sites for hydroxylation is 2. The lowest BCUT2D eigenvalue weighted by Crippen LogP contribution is -2.34. The fraction of sp³-hybridized carbons (Fsp3) is 0.360. The van der Waals surface area contributed by atoms with Gasteiger partial charge in [0.15, 0.2) is 11.0 Å². The van der Waals surface area contributed by atoms with E-state index in [1.54, 1.807) is 12.1 Å². The number of nitrogens with one attached hydrogen (secondary N) is 2. The van der Waals surface area contributed by atoms with Crippen LogP contribution in [0, 0.1) is 19.8 Å². The first-order chi connectivity index (χ1) is 16.6. The second-order valence-corrected chi connectivity index (χ2v) is 10.3. The standard InChI is InChI=1S/C25H29Cl2N5O2S/c1-6-32-23(22(14(2)3)29-24(34)18-9-8-17(26)12-19(18)27)30-31-25(32)35-13-21(33)28-20-10-7-15(4)11-16(20)5/h7-12,14,22H,6,13H2,1-5H3,(H,28,33)(H,29,34)/t22-/m0/s1. The molecule has 2 amide bonds. The second kappa shape index (κ2) is 11.9. The summed E-state index contributed by atoms with van der Waals surface area (Å²) in [6.45, 7) is 10.5. The summed E-state index contributed by atoms with van der Waals surface area (Å²) < 4.78 is 1.92. The zero-order chi connectivity index (χ0) is 25.7. The average molecular weight is 535 g/mol. The van der Waals surface area contributed by atoms with E-state index in [-0.39, 0.29) is 28.5 Å². The number of halogens is 2. The van der Waals surface area contributed by atoms with Crippen LogP contribution < -0.4 is 10.6 Å². The van der Waals surface area contributed by atoms with Crippen molar-refractivity contribution < 1.29 is 9.59 Å². The Kier molecular flexibility index (Phi) is 9.21. The zero-order valence-electron chi connectivity index (χ0n) is 20.4. The Morgan fingerprint density at radius 1 is 1.09 bits per heavy atom. The van der Waals surface area contributed by atoms with Gasteiger partial charge in [-0.05, 0) is 56.5 Å². The van der Waals surface area contributed by atoms with Gasteiger partial charge in [0.25, 0.3) is 5.91 Å². The Morgan fingerprint density at radius 2 is 1.83 bits per heavy atom. The number of nitrogens with zero attached hydrogens (tertiary/aromatic N) is 3. The molecule has 0 bridgehead atoms. The lowest BCUT2D eigenvalue weighted by atomic mass is 10.0. The fourth-order valence-electron chi connectivity index (χ4n) is 3.63. The highest BCUT2D eigenvalue weighted by molar-refractivity contribution is 7.99. The summed E-state index contributed by atoms with van der Waals surface area (Å²) in [6, 6.07) is 10.3. The van der Waals surface area contributed by atoms with E-state index >= 15 is 0 Å². The molecule has 186 valence electrons. The van der Waals surface area contributed by atoms with Gasteiger partial charge < -0.3 is 15.2 Å². The molecule has 35 heavy (non-hydrogen) atoms. The lowest BCUT2D eigenvalue weighted by Gasteiger charge is -2.22. The highest BCUT2D eigenvalue weighted by Crippen LogP contribution is 2.27. The molecule has 0 spiro atoms. The predicted molar refractivity (Wildman–Crippen MR) is 142 cm³/mol. The van der Waals surface area contributed by atoms with Gasteiger partial charge in [0, 0.05) is 17.3 Å². The Labute approximate surface area is 220 Å². The molecule has 7 nitrogen and oxygen atoms in total. The van der Waals surface area contributed by atoms with Gasteiger partial charge in [-0.1, -0.05) is 66.5 Å². The first-order valence-electron chi connectivity index (χ1n) is 11.3. The monoisotopic (exact) mass is 533 g/mol. The Bertz CT molecular complexity index is 1230. The van der Waals surface area contributed by atoms with Crippen LogP contribution in [0.25, 0.3) is 0 Å². The van der Waals surface area contributed by atoms with Gasteiger partial charge >= 0.3 is 0 Å². The SMILES string of the molecule is CCn1c(SCC(=O)Nc2ccc(C)cc2C)nnc1[C@@H](NC(=O)c1ccc(Cl)cc1Cl)C(C)C. The Morgan fingerprint density at radius 3 is 2.46 bits per heavy atom. The molecule has 0 aliphatic carbocycles. The van der Waals surface area contributed by atoms with Gasteiger partial charge in [-0.2, -0.15) is 0 Å². The number of amides is 2. The summed E-state index contributed by atoms with van der Waals surface area (Å²) >= 11 is 13.5. The van der Waals surface area contributed by atoms with Crippen molar-refractivity contribution in [2.75, 3.05) is 11.1 Å². The van der Waals surface area contributed by atoms with Crippen LogP contribution in [0.1, 0.15) is 54.1 Å². The largest absolute Gasteiger partial charge is 0.342 e. The molecule has 0 saturated heterocycles. The van der Waals surface area contributed by atoms with Crippen LogP contribution in [0.4, 0.5) is 5.69 Å². The van der Waals surface area contributed by atoms with Crippen molar-refractivity contribution in [2.24, 2.45) is 5.92 Å². The minimum atomic E-state index is -0.403. The third-order valence-corrected chi connectivity index (χ3v) is 6.97. The van der Waals surface area contributed by atoms with Gasteiger partial charge in [0.1, 0.15) is 0 Å². The molecule has 10 heteroatoms. The quantitative estimate of drug-likeness (QED) is 0.325. The molecule has 3 aromatic rings. The third kappa shape index (κ3) is 6.78. The molecule has 1 atom stereocenters. The van der Waals surface area contributed by atoms with Crippen LogP contribution in [-0.2, 0) is 11.3 Å². The number of rotatable bonds is 9. The van der Waals surface area contributed by atoms with Crippen LogP contribution in [-0.4, -0.2) is 32.3 Å². The molecule has 2 aromatic carbocycles. The van der Waals surface area contributed by atoms with E-state index in [4.69, 9.17) is 23.2 Å². The first kappa shape index (κ1) is 27.0. The van der Waals surface area contributed by atoms with Crippen molar-refractivity contribution in [3.63, 3.8) is 0 Å². The summed E-state index contributed by atoms with van der Waals surface area (Å²) in [7, 11) is 0. The van der Waals surface area contributed by atoms with Crippen molar-refractivity contribution >= 4 is 52.5 Å². The van der Waals surface area contributed by atoms with Crippen molar-refractivity contribution in [1.82, 2.24) is 20.1 Å². The van der Waals surface area contributed by atoms with Crippen LogP contribution in [0.2, 0.25) is 10.0 Å². The molecule has 3 rings (SSSR count). The molecule has 1 heterocycles. The minimum absolute atomic E-state index is 0.0326. The summed E-state index contributed by atoms with van der Waals surface area (Å²) in [6.07, 6.45) is 0. The molecule has 0 fully saturated rings. The number of benzene rings is 2. The van der Waals surface area contributed by atoms with Crippen molar-refractivity contribution in [2.45, 2.75) is 52.4 Å². The summed E-state index contributed by atoms with van der Waals surface area (Å²) in [5.41, 5.74) is 3.28. The van der Waals surface area contributed by atoms with Crippen LogP contribution >= 0.6 is 35.0 Å². The van der Waals surface area contributed by atoms with Gasteiger partial charge in [0.2, 0.25) is 5.91 Å². The van der Waals surface area contributed by atoms with E-state index in [0.29, 0.717) is 28.1 Å². The van der Waals surface area contributed by atoms with Crippen LogP contribution in [0.5, 0.6) is 0 Å². The van der Waals surface area contributed by atoms with E-state index in [9.17, 15) is 9.59 Å². The number of anilines is 1. The number of thioether (sulfide) groups is 1. The van der Waals surface area contributed by atoms with Crippen LogP contribution in [0.3, 0.4) is 0 Å². The van der Waals surface area contributed by atoms with E-state index in [1.807, 2.05) is 57.4 Å². The van der Waals surface area contributed by atoms with E-state index in [1.165, 1.54) is 17.8 Å². The number of aromatic nitrogens is 3. The second-order valence-electron chi connectivity index (χ2n) is 8.56. The minimum Gasteiger partial charge on any atom is -0.342 e. The molecule has 1 aromatic heterocycles. The molecule has 0 radical (unpaired) electrons. The fourth-order valence-corrected chi connectivity index (χ4v) is 4.93.